The van der Waals surface area contributed by atoms with Gasteiger partial charge in [-0.1, -0.05) is 0 Å². The van der Waals surface area contributed by atoms with Crippen LogP contribution in [0.4, 0.5) is 10.6 Å². The number of pyridine rings is 1. The van der Waals surface area contributed by atoms with E-state index >= 15 is 0 Å². The summed E-state index contributed by atoms with van der Waals surface area (Å²) in [6, 6.07) is 3.05. The minimum atomic E-state index is -0.709. The second-order valence-electron chi connectivity index (χ2n) is 4.50. The van der Waals surface area contributed by atoms with Gasteiger partial charge in [-0.2, -0.15) is 11.8 Å². The Kier molecular flexibility index (Phi) is 6.57. The predicted molar refractivity (Wildman–Crippen MR) is 83.4 cm³/mol. The molecule has 7 heteroatoms. The van der Waals surface area contributed by atoms with Crippen molar-refractivity contribution in [3.8, 4) is 0 Å². The molecule has 1 aromatic heterocycles. The largest absolute Gasteiger partial charge is 0.354 e. The zero-order valence-corrected chi connectivity index (χ0v) is 12.7. The van der Waals surface area contributed by atoms with E-state index in [1.807, 2.05) is 26.2 Å². The van der Waals surface area contributed by atoms with Crippen molar-refractivity contribution in [3.63, 3.8) is 0 Å². The quantitative estimate of drug-likeness (QED) is 0.782. The normalized spacial score (nSPS) is 11.8. The van der Waals surface area contributed by atoms with Crippen LogP contribution < -0.4 is 10.6 Å². The molecule has 0 unspecified atom stereocenters. The van der Waals surface area contributed by atoms with E-state index < -0.39 is 11.8 Å². The molecule has 0 aliphatic carbocycles. The molecule has 0 spiro atoms. The Bertz CT molecular complexity index is 476. The lowest BCUT2D eigenvalue weighted by molar-refractivity contribution is -0.117. The molecule has 1 atom stereocenters. The summed E-state index contributed by atoms with van der Waals surface area (Å²) in [6.07, 6.45) is 2.45. The molecule has 2 amide bonds. The molecule has 1 aromatic rings. The van der Waals surface area contributed by atoms with Crippen molar-refractivity contribution in [2.45, 2.75) is 26.3 Å². The van der Waals surface area contributed by atoms with Crippen LogP contribution in [-0.4, -0.2) is 42.6 Å². The van der Waals surface area contributed by atoms with Gasteiger partial charge in [0.05, 0.1) is 0 Å². The van der Waals surface area contributed by atoms with Gasteiger partial charge in [-0.05, 0) is 50.0 Å². The molecule has 0 aliphatic heterocycles. The zero-order chi connectivity index (χ0) is 15.1. The third-order valence-electron chi connectivity index (χ3n) is 2.59. The van der Waals surface area contributed by atoms with Gasteiger partial charge in [0.15, 0.2) is 5.81 Å². The second kappa shape index (κ2) is 7.94. The van der Waals surface area contributed by atoms with Crippen molar-refractivity contribution in [3.05, 3.63) is 23.4 Å². The summed E-state index contributed by atoms with van der Waals surface area (Å²) in [6.45, 7) is 3.78. The summed E-state index contributed by atoms with van der Waals surface area (Å²) < 4.78 is 0. The van der Waals surface area contributed by atoms with E-state index in [1.54, 1.807) is 17.8 Å². The van der Waals surface area contributed by atoms with Gasteiger partial charge in [-0.15, -0.1) is 0 Å². The number of aryl methyl sites for hydroxylation is 2. The predicted octanol–water partition coefficient (Wildman–Crippen LogP) is 1.64. The Morgan fingerprint density at radius 1 is 1.40 bits per heavy atom. The summed E-state index contributed by atoms with van der Waals surface area (Å²) in [5.41, 5.74) is 1.83. The van der Waals surface area contributed by atoms with Crippen molar-refractivity contribution >= 4 is 37.1 Å². The molecule has 106 valence electrons. The molecule has 0 aliphatic rings. The highest BCUT2D eigenvalue weighted by Gasteiger charge is 2.19. The highest BCUT2D eigenvalue weighted by Crippen LogP contribution is 2.10. The van der Waals surface area contributed by atoms with E-state index in [9.17, 15) is 9.59 Å². The molecule has 2 radical (unpaired) electrons. The number of hydrogen-bond acceptors (Lipinski definition) is 4. The highest BCUT2D eigenvalue weighted by atomic mass is 32.2. The molecule has 0 saturated carbocycles. The van der Waals surface area contributed by atoms with Crippen molar-refractivity contribution in [1.29, 1.82) is 0 Å². The van der Waals surface area contributed by atoms with Crippen molar-refractivity contribution < 1.29 is 9.59 Å². The average molecular weight is 291 g/mol. The fourth-order valence-corrected chi connectivity index (χ4v) is 2.27. The van der Waals surface area contributed by atoms with Crippen LogP contribution in [0.15, 0.2) is 12.1 Å². The van der Waals surface area contributed by atoms with Crippen molar-refractivity contribution in [2.24, 2.45) is 0 Å². The summed E-state index contributed by atoms with van der Waals surface area (Å²) >= 11 is 1.60. The van der Waals surface area contributed by atoms with Crippen LogP contribution in [-0.2, 0) is 4.79 Å². The molecule has 5 nitrogen and oxygen atoms in total. The number of rotatable bonds is 6. The standard InChI is InChI=1S/C13H18BN3O2S/c1-8-6-9(2)15-11(7-8)17-12(18)10(4-5-20-3)16-13(14)19/h6-7,10H,4-5H2,1-3H3,(H,16,19)(H,15,17,18)/t10-/m0/s1. The van der Waals surface area contributed by atoms with E-state index in [0.29, 0.717) is 12.2 Å². The van der Waals surface area contributed by atoms with Crippen LogP contribution >= 0.6 is 11.8 Å². The molecule has 0 aromatic carbocycles. The van der Waals surface area contributed by atoms with Crippen LogP contribution in [0, 0.1) is 13.8 Å². The average Bonchev–Trinajstić information content (AvgIpc) is 2.32. The van der Waals surface area contributed by atoms with E-state index in [-0.39, 0.29) is 5.91 Å². The van der Waals surface area contributed by atoms with Crippen LogP contribution in [0.1, 0.15) is 17.7 Å². The topological polar surface area (TPSA) is 71.1 Å². The van der Waals surface area contributed by atoms with E-state index in [1.165, 1.54) is 0 Å². The summed E-state index contributed by atoms with van der Waals surface area (Å²) in [5, 5.41) is 5.16. The smallest absolute Gasteiger partial charge is 0.248 e. The summed E-state index contributed by atoms with van der Waals surface area (Å²) in [4.78, 5) is 27.3. The minimum Gasteiger partial charge on any atom is -0.354 e. The molecule has 1 rings (SSSR count). The van der Waals surface area contributed by atoms with E-state index in [2.05, 4.69) is 15.6 Å². The first-order valence-corrected chi connectivity index (χ1v) is 7.63. The van der Waals surface area contributed by atoms with Gasteiger partial charge in [0.25, 0.3) is 0 Å². The fraction of sp³-hybridized carbons (Fsp3) is 0.462. The molecule has 2 N–H and O–H groups in total. The molecule has 0 saturated heterocycles. The van der Waals surface area contributed by atoms with Crippen LogP contribution in [0.2, 0.25) is 0 Å². The lowest BCUT2D eigenvalue weighted by atomic mass is 10.1. The van der Waals surface area contributed by atoms with Crippen LogP contribution in [0.25, 0.3) is 0 Å². The fourth-order valence-electron chi connectivity index (χ4n) is 1.79. The van der Waals surface area contributed by atoms with E-state index in [4.69, 9.17) is 7.85 Å². The molecule has 1 heterocycles. The number of nitrogens with one attached hydrogen (secondary N) is 2. The third kappa shape index (κ3) is 5.65. The van der Waals surface area contributed by atoms with Gasteiger partial charge >= 0.3 is 0 Å². The Labute approximate surface area is 124 Å². The third-order valence-corrected chi connectivity index (χ3v) is 3.24. The van der Waals surface area contributed by atoms with Crippen LogP contribution in [0.3, 0.4) is 0 Å². The van der Waals surface area contributed by atoms with Gasteiger partial charge in [-0.3, -0.25) is 9.59 Å². The first-order chi connectivity index (χ1) is 9.42. The SMILES string of the molecule is [B]C(=O)N[C@@H](CCSC)C(=O)Nc1cc(C)cc(C)n1. The van der Waals surface area contributed by atoms with E-state index in [0.717, 1.165) is 17.0 Å². The number of carbonyl (C=O) groups is 2. The Morgan fingerprint density at radius 2 is 2.10 bits per heavy atom. The highest BCUT2D eigenvalue weighted by molar-refractivity contribution is 7.98. The van der Waals surface area contributed by atoms with Gasteiger partial charge in [0.1, 0.15) is 11.9 Å². The molecule has 0 fully saturated rings. The molecular formula is C13H18BN3O2S. The zero-order valence-electron chi connectivity index (χ0n) is 11.9. The number of hydrogen-bond donors (Lipinski definition) is 2. The number of carbonyl (C=O) groups excluding carboxylic acids is 2. The Balaban J connectivity index is 2.75. The number of amides is 2. The number of anilines is 1. The molecular weight excluding hydrogens is 273 g/mol. The van der Waals surface area contributed by atoms with Crippen molar-refractivity contribution in [1.82, 2.24) is 10.3 Å². The van der Waals surface area contributed by atoms with Crippen molar-refractivity contribution in [2.75, 3.05) is 17.3 Å². The van der Waals surface area contributed by atoms with Gasteiger partial charge in [0.2, 0.25) is 13.8 Å². The summed E-state index contributed by atoms with van der Waals surface area (Å²) in [7, 11) is 5.09. The first kappa shape index (κ1) is 16.6. The molecule has 0 bridgehead atoms. The van der Waals surface area contributed by atoms with Gasteiger partial charge in [-0.25, -0.2) is 4.98 Å². The maximum atomic E-state index is 12.1. The number of aromatic nitrogens is 1. The summed E-state index contributed by atoms with van der Waals surface area (Å²) in [5.74, 6) is 0.210. The monoisotopic (exact) mass is 291 g/mol. The Hall–Kier alpha value is -1.50. The Morgan fingerprint density at radius 3 is 2.65 bits per heavy atom. The lowest BCUT2D eigenvalue weighted by Crippen LogP contribution is -2.43. The lowest BCUT2D eigenvalue weighted by Gasteiger charge is -2.17. The maximum absolute atomic E-state index is 12.1. The van der Waals surface area contributed by atoms with Gasteiger partial charge in [0, 0.05) is 5.69 Å². The number of nitrogens with zero attached hydrogens (tertiary/aromatic N) is 1. The van der Waals surface area contributed by atoms with Gasteiger partial charge < -0.3 is 10.6 Å². The maximum Gasteiger partial charge on any atom is 0.248 e. The van der Waals surface area contributed by atoms with Crippen LogP contribution in [0.5, 0.6) is 0 Å². The minimum absolute atomic E-state index is 0.310. The number of thioether (sulfide) groups is 1. The second-order valence-corrected chi connectivity index (χ2v) is 5.49. The first-order valence-electron chi connectivity index (χ1n) is 6.23. The molecule has 20 heavy (non-hydrogen) atoms.